The average Bonchev–Trinajstić information content (AvgIpc) is 3.21. The van der Waals surface area contributed by atoms with Gasteiger partial charge in [-0.25, -0.2) is 4.79 Å². The average molecular weight is 374 g/mol. The number of rotatable bonds is 5. The van der Waals surface area contributed by atoms with Crippen LogP contribution in [0.1, 0.15) is 25.6 Å². The molecule has 2 aromatic rings. The fourth-order valence-electron chi connectivity index (χ4n) is 2.66. The smallest absolute Gasteiger partial charge is 0.328 e. The maximum absolute atomic E-state index is 12.6. The Hall–Kier alpha value is -2.71. The number of morpholine rings is 1. The van der Waals surface area contributed by atoms with Crippen molar-refractivity contribution in [3.63, 3.8) is 0 Å². The third-order valence-corrected chi connectivity index (χ3v) is 4.94. The number of hydrogen-bond donors (Lipinski definition) is 2. The van der Waals surface area contributed by atoms with Crippen LogP contribution >= 0.6 is 11.3 Å². The molecule has 0 spiro atoms. The van der Waals surface area contributed by atoms with Crippen molar-refractivity contribution in [2.24, 2.45) is 0 Å². The Morgan fingerprint density at radius 2 is 2.00 bits per heavy atom. The predicted molar refractivity (Wildman–Crippen MR) is 95.2 cm³/mol. The van der Waals surface area contributed by atoms with Crippen LogP contribution in [0.2, 0.25) is 0 Å². The van der Waals surface area contributed by atoms with Gasteiger partial charge in [0.2, 0.25) is 0 Å². The van der Waals surface area contributed by atoms with Gasteiger partial charge < -0.3 is 20.1 Å². The van der Waals surface area contributed by atoms with Crippen molar-refractivity contribution in [3.05, 3.63) is 57.8 Å². The van der Waals surface area contributed by atoms with E-state index in [1.54, 1.807) is 30.3 Å². The van der Waals surface area contributed by atoms with Gasteiger partial charge >= 0.3 is 5.97 Å². The van der Waals surface area contributed by atoms with Gasteiger partial charge in [-0.2, -0.15) is 0 Å². The predicted octanol–water partition coefficient (Wildman–Crippen LogP) is 1.60. The molecule has 2 heterocycles. The molecule has 3 rings (SSSR count). The van der Waals surface area contributed by atoms with Gasteiger partial charge in [-0.3, -0.25) is 9.59 Å². The van der Waals surface area contributed by atoms with Gasteiger partial charge in [0.05, 0.1) is 18.1 Å². The van der Waals surface area contributed by atoms with Gasteiger partial charge in [-0.15, -0.1) is 11.3 Å². The summed E-state index contributed by atoms with van der Waals surface area (Å²) in [6.07, 6.45) is 0. The second-order valence-corrected chi connectivity index (χ2v) is 6.73. The number of benzene rings is 1. The number of amides is 2. The number of hydrogen-bond acceptors (Lipinski definition) is 5. The summed E-state index contributed by atoms with van der Waals surface area (Å²) in [6.45, 7) is 0.908. The van der Waals surface area contributed by atoms with Crippen LogP contribution in [-0.4, -0.2) is 53.6 Å². The number of nitrogens with one attached hydrogen (secondary N) is 1. The molecule has 26 heavy (non-hydrogen) atoms. The number of nitrogens with zero attached hydrogens (tertiary/aromatic N) is 1. The summed E-state index contributed by atoms with van der Waals surface area (Å²) in [5.74, 6) is -1.56. The van der Waals surface area contributed by atoms with E-state index in [0.29, 0.717) is 23.6 Å². The van der Waals surface area contributed by atoms with Crippen molar-refractivity contribution in [1.29, 1.82) is 0 Å². The lowest BCUT2D eigenvalue weighted by atomic mass is 10.1. The van der Waals surface area contributed by atoms with Crippen LogP contribution < -0.4 is 5.32 Å². The van der Waals surface area contributed by atoms with Gasteiger partial charge in [0, 0.05) is 18.7 Å². The van der Waals surface area contributed by atoms with E-state index >= 15 is 0 Å². The zero-order chi connectivity index (χ0) is 18.5. The summed E-state index contributed by atoms with van der Waals surface area (Å²) in [6, 6.07) is 9.38. The molecule has 0 saturated carbocycles. The van der Waals surface area contributed by atoms with Crippen LogP contribution in [0.4, 0.5) is 0 Å². The van der Waals surface area contributed by atoms with E-state index in [9.17, 15) is 19.5 Å². The Labute approximate surface area is 154 Å². The minimum absolute atomic E-state index is 0.00604. The zero-order valence-electron chi connectivity index (χ0n) is 13.9. The van der Waals surface area contributed by atoms with Crippen molar-refractivity contribution in [2.45, 2.75) is 12.6 Å². The first kappa shape index (κ1) is 18.1. The molecule has 8 heteroatoms. The molecule has 136 valence electrons. The molecule has 2 N–H and O–H groups in total. The molecule has 7 nitrogen and oxygen atoms in total. The highest BCUT2D eigenvalue weighted by Gasteiger charge is 2.33. The quantitative estimate of drug-likeness (QED) is 0.829. The molecule has 1 fully saturated rings. The Balaban J connectivity index is 1.62. The second-order valence-electron chi connectivity index (χ2n) is 5.78. The Morgan fingerprint density at radius 3 is 2.65 bits per heavy atom. The molecular formula is C18H18N2O5S. The standard InChI is InChI=1S/C18H18N2O5S/c21-16(15-2-1-9-26-15)19-10-12-3-5-13(6-4-12)17(22)20-7-8-25-11-14(20)18(23)24/h1-6,9,14H,7-8,10-11H2,(H,19,21)(H,23,24). The first-order valence-electron chi connectivity index (χ1n) is 8.08. The number of thiophene rings is 1. The Kier molecular flexibility index (Phi) is 5.65. The number of carbonyl (C=O) groups excluding carboxylic acids is 2. The van der Waals surface area contributed by atoms with Crippen LogP contribution in [-0.2, 0) is 16.1 Å². The molecular weight excluding hydrogens is 356 g/mol. The molecule has 0 bridgehead atoms. The second kappa shape index (κ2) is 8.11. The maximum Gasteiger partial charge on any atom is 0.328 e. The first-order chi connectivity index (χ1) is 12.6. The highest BCUT2D eigenvalue weighted by molar-refractivity contribution is 7.12. The Bertz CT molecular complexity index is 788. The van der Waals surface area contributed by atoms with Gasteiger partial charge in [-0.1, -0.05) is 18.2 Å². The summed E-state index contributed by atoms with van der Waals surface area (Å²) >= 11 is 1.37. The number of carboxylic acid groups (broad SMARTS) is 1. The lowest BCUT2D eigenvalue weighted by Crippen LogP contribution is -2.52. The van der Waals surface area contributed by atoms with E-state index in [1.165, 1.54) is 16.2 Å². The number of aliphatic carboxylic acids is 1. The van der Waals surface area contributed by atoms with Crippen LogP contribution in [0.25, 0.3) is 0 Å². The van der Waals surface area contributed by atoms with E-state index in [0.717, 1.165) is 5.56 Å². The van der Waals surface area contributed by atoms with Gasteiger partial charge in [0.1, 0.15) is 0 Å². The summed E-state index contributed by atoms with van der Waals surface area (Å²) < 4.78 is 5.15. The summed E-state index contributed by atoms with van der Waals surface area (Å²) in [4.78, 5) is 37.8. The minimum atomic E-state index is -1.08. The molecule has 1 aliphatic heterocycles. The fourth-order valence-corrected chi connectivity index (χ4v) is 3.30. The summed E-state index contributed by atoms with van der Waals surface area (Å²) in [5, 5.41) is 13.9. The molecule has 2 amide bonds. The van der Waals surface area contributed by atoms with E-state index < -0.39 is 12.0 Å². The SMILES string of the molecule is O=C(NCc1ccc(C(=O)N2CCOCC2C(=O)O)cc1)c1cccs1. The number of carboxylic acids is 1. The van der Waals surface area contributed by atoms with Crippen molar-refractivity contribution >= 4 is 29.1 Å². The number of carbonyl (C=O) groups is 3. The maximum atomic E-state index is 12.6. The largest absolute Gasteiger partial charge is 0.480 e. The molecule has 1 aromatic heterocycles. The van der Waals surface area contributed by atoms with Gasteiger partial charge in [-0.05, 0) is 29.1 Å². The molecule has 0 radical (unpaired) electrons. The topological polar surface area (TPSA) is 95.9 Å². The third kappa shape index (κ3) is 4.09. The lowest BCUT2D eigenvalue weighted by molar-refractivity contribution is -0.147. The van der Waals surface area contributed by atoms with Gasteiger partial charge in [0.15, 0.2) is 6.04 Å². The summed E-state index contributed by atoms with van der Waals surface area (Å²) in [5.41, 5.74) is 1.26. The van der Waals surface area contributed by atoms with Crippen LogP contribution in [0, 0.1) is 0 Å². The van der Waals surface area contributed by atoms with E-state index in [2.05, 4.69) is 5.32 Å². The van der Waals surface area contributed by atoms with Crippen molar-refractivity contribution in [2.75, 3.05) is 19.8 Å². The minimum Gasteiger partial charge on any atom is -0.480 e. The lowest BCUT2D eigenvalue weighted by Gasteiger charge is -2.32. The summed E-state index contributed by atoms with van der Waals surface area (Å²) in [7, 11) is 0. The highest BCUT2D eigenvalue weighted by Crippen LogP contribution is 2.14. The van der Waals surface area contributed by atoms with E-state index in [4.69, 9.17) is 4.74 Å². The molecule has 1 aromatic carbocycles. The first-order valence-corrected chi connectivity index (χ1v) is 8.96. The third-order valence-electron chi connectivity index (χ3n) is 4.07. The van der Waals surface area contributed by atoms with Crippen molar-refractivity contribution in [1.82, 2.24) is 10.2 Å². The zero-order valence-corrected chi connectivity index (χ0v) is 14.7. The highest BCUT2D eigenvalue weighted by atomic mass is 32.1. The molecule has 1 unspecified atom stereocenters. The van der Waals surface area contributed by atoms with E-state index in [-0.39, 0.29) is 25.0 Å². The fraction of sp³-hybridized carbons (Fsp3) is 0.278. The van der Waals surface area contributed by atoms with E-state index in [1.807, 2.05) is 11.4 Å². The molecule has 1 aliphatic rings. The Morgan fingerprint density at radius 1 is 1.23 bits per heavy atom. The van der Waals surface area contributed by atoms with Gasteiger partial charge in [0.25, 0.3) is 11.8 Å². The van der Waals surface area contributed by atoms with Crippen molar-refractivity contribution in [3.8, 4) is 0 Å². The monoisotopic (exact) mass is 374 g/mol. The number of ether oxygens (including phenoxy) is 1. The van der Waals surface area contributed by atoms with Crippen LogP contribution in [0.5, 0.6) is 0 Å². The van der Waals surface area contributed by atoms with Crippen LogP contribution in [0.15, 0.2) is 41.8 Å². The van der Waals surface area contributed by atoms with Crippen LogP contribution in [0.3, 0.4) is 0 Å². The molecule has 0 aliphatic carbocycles. The molecule has 1 atom stereocenters. The van der Waals surface area contributed by atoms with Crippen molar-refractivity contribution < 1.29 is 24.2 Å². The molecule has 1 saturated heterocycles. The normalized spacial score (nSPS) is 16.9.